The van der Waals surface area contributed by atoms with Crippen LogP contribution in [0.15, 0.2) is 36.4 Å². The molecular formula is C17H17N3. The van der Waals surface area contributed by atoms with Crippen molar-refractivity contribution in [1.82, 2.24) is 4.98 Å². The summed E-state index contributed by atoms with van der Waals surface area (Å²) < 4.78 is 0. The zero-order chi connectivity index (χ0) is 13.7. The molecule has 0 spiro atoms. The molecule has 20 heavy (non-hydrogen) atoms. The largest absolute Gasteiger partial charge is 0.399 e. The Kier molecular flexibility index (Phi) is 2.30. The van der Waals surface area contributed by atoms with Crippen LogP contribution >= 0.6 is 0 Å². The van der Waals surface area contributed by atoms with Gasteiger partial charge in [0, 0.05) is 33.5 Å². The quantitative estimate of drug-likeness (QED) is 0.543. The molecule has 0 saturated heterocycles. The molecule has 1 aliphatic rings. The summed E-state index contributed by atoms with van der Waals surface area (Å²) in [5.41, 5.74) is 19.9. The lowest BCUT2D eigenvalue weighted by molar-refractivity contribution is 0.839. The number of aryl methyl sites for hydroxylation is 2. The fraction of sp³-hybridized carbons (Fsp3) is 0.176. The van der Waals surface area contributed by atoms with Gasteiger partial charge in [0.25, 0.3) is 0 Å². The van der Waals surface area contributed by atoms with E-state index in [2.05, 4.69) is 29.2 Å². The zero-order valence-corrected chi connectivity index (χ0v) is 11.2. The smallest absolute Gasteiger partial charge is 0.0500 e. The normalized spacial score (nSPS) is 13.8. The monoisotopic (exact) mass is 263 g/mol. The van der Waals surface area contributed by atoms with Crippen LogP contribution in [0.1, 0.15) is 17.5 Å². The molecule has 0 bridgehead atoms. The third-order valence-electron chi connectivity index (χ3n) is 4.20. The second-order valence-electron chi connectivity index (χ2n) is 5.55. The van der Waals surface area contributed by atoms with Crippen LogP contribution in [-0.4, -0.2) is 4.98 Å². The highest BCUT2D eigenvalue weighted by Crippen LogP contribution is 2.37. The van der Waals surface area contributed by atoms with Crippen LogP contribution in [0.3, 0.4) is 0 Å². The molecule has 3 nitrogen and oxygen atoms in total. The summed E-state index contributed by atoms with van der Waals surface area (Å²) in [6, 6.07) is 12.3. The van der Waals surface area contributed by atoms with Crippen LogP contribution in [0, 0.1) is 0 Å². The fourth-order valence-corrected chi connectivity index (χ4v) is 3.27. The van der Waals surface area contributed by atoms with Crippen LogP contribution in [0.5, 0.6) is 0 Å². The molecule has 5 N–H and O–H groups in total. The molecule has 100 valence electrons. The number of anilines is 2. The third-order valence-corrected chi connectivity index (χ3v) is 4.20. The number of aromatic nitrogens is 1. The Balaban J connectivity index is 2.05. The van der Waals surface area contributed by atoms with Gasteiger partial charge in [-0.25, -0.2) is 0 Å². The topological polar surface area (TPSA) is 67.8 Å². The van der Waals surface area contributed by atoms with Gasteiger partial charge < -0.3 is 16.5 Å². The number of fused-ring (bicyclic) bond motifs is 5. The second-order valence-corrected chi connectivity index (χ2v) is 5.55. The number of hydrogen-bond acceptors (Lipinski definition) is 2. The van der Waals surface area contributed by atoms with E-state index >= 15 is 0 Å². The van der Waals surface area contributed by atoms with Crippen LogP contribution in [-0.2, 0) is 12.8 Å². The standard InChI is InChI=1S/C17H17N3/c18-11-4-6-13-10(8-11)2-1-3-14-15-9-12(19)5-7-16(15)20-17(13)14/h4-9,20H,1-3,18-19H2. The van der Waals surface area contributed by atoms with E-state index in [1.807, 2.05) is 12.1 Å². The number of nitrogen functional groups attached to an aromatic ring is 2. The van der Waals surface area contributed by atoms with E-state index in [4.69, 9.17) is 11.5 Å². The molecule has 0 amide bonds. The van der Waals surface area contributed by atoms with Gasteiger partial charge in [0.1, 0.15) is 0 Å². The first-order valence-corrected chi connectivity index (χ1v) is 7.01. The summed E-state index contributed by atoms with van der Waals surface area (Å²) in [6.45, 7) is 0. The Hall–Kier alpha value is -2.42. The van der Waals surface area contributed by atoms with E-state index in [0.29, 0.717) is 0 Å². The number of rotatable bonds is 0. The van der Waals surface area contributed by atoms with Crippen molar-refractivity contribution >= 4 is 22.3 Å². The summed E-state index contributed by atoms with van der Waals surface area (Å²) >= 11 is 0. The van der Waals surface area contributed by atoms with Crippen molar-refractivity contribution in [3.8, 4) is 11.3 Å². The van der Waals surface area contributed by atoms with E-state index in [1.54, 1.807) is 0 Å². The van der Waals surface area contributed by atoms with Crippen LogP contribution < -0.4 is 11.5 Å². The molecule has 1 aliphatic carbocycles. The molecule has 3 heteroatoms. The van der Waals surface area contributed by atoms with Crippen LogP contribution in [0.25, 0.3) is 22.2 Å². The average molecular weight is 263 g/mol. The Morgan fingerprint density at radius 3 is 2.60 bits per heavy atom. The van der Waals surface area contributed by atoms with Crippen molar-refractivity contribution in [3.63, 3.8) is 0 Å². The highest BCUT2D eigenvalue weighted by molar-refractivity contribution is 5.93. The molecule has 0 radical (unpaired) electrons. The summed E-state index contributed by atoms with van der Waals surface area (Å²) in [4.78, 5) is 3.56. The number of nitrogens with two attached hydrogens (primary N) is 2. The minimum absolute atomic E-state index is 0.820. The minimum Gasteiger partial charge on any atom is -0.399 e. The Morgan fingerprint density at radius 2 is 1.70 bits per heavy atom. The van der Waals surface area contributed by atoms with E-state index < -0.39 is 0 Å². The lowest BCUT2D eigenvalue weighted by Gasteiger charge is -2.06. The molecule has 2 aromatic carbocycles. The Labute approximate surface area is 117 Å². The summed E-state index contributed by atoms with van der Waals surface area (Å²) in [5, 5.41) is 1.25. The first-order chi connectivity index (χ1) is 9.72. The highest BCUT2D eigenvalue weighted by Gasteiger charge is 2.19. The molecule has 0 atom stereocenters. The number of aromatic amines is 1. The van der Waals surface area contributed by atoms with Crippen molar-refractivity contribution in [3.05, 3.63) is 47.5 Å². The number of hydrogen-bond donors (Lipinski definition) is 3. The van der Waals surface area contributed by atoms with Crippen molar-refractivity contribution < 1.29 is 0 Å². The summed E-state index contributed by atoms with van der Waals surface area (Å²) in [6.07, 6.45) is 3.30. The molecule has 0 saturated carbocycles. The molecule has 0 aliphatic heterocycles. The van der Waals surface area contributed by atoms with E-state index in [1.165, 1.54) is 27.8 Å². The van der Waals surface area contributed by atoms with Gasteiger partial charge in [0.05, 0.1) is 0 Å². The van der Waals surface area contributed by atoms with Gasteiger partial charge in [-0.05, 0) is 60.7 Å². The highest BCUT2D eigenvalue weighted by atomic mass is 14.7. The SMILES string of the molecule is Nc1ccc2c(c1)CCCc1c-2[nH]c2ccc(N)cc12. The van der Waals surface area contributed by atoms with E-state index in [-0.39, 0.29) is 0 Å². The molecule has 4 rings (SSSR count). The van der Waals surface area contributed by atoms with E-state index in [9.17, 15) is 0 Å². The predicted octanol–water partition coefficient (Wildman–Crippen LogP) is 3.49. The lowest BCUT2D eigenvalue weighted by Crippen LogP contribution is -1.92. The van der Waals surface area contributed by atoms with Crippen LogP contribution in [0.4, 0.5) is 11.4 Å². The second kappa shape index (κ2) is 4.04. The maximum absolute atomic E-state index is 5.94. The Morgan fingerprint density at radius 1 is 0.900 bits per heavy atom. The molecule has 1 heterocycles. The zero-order valence-electron chi connectivity index (χ0n) is 11.2. The van der Waals surface area contributed by atoms with Gasteiger partial charge in [-0.3, -0.25) is 0 Å². The lowest BCUT2D eigenvalue weighted by atomic mass is 10.0. The maximum atomic E-state index is 5.94. The summed E-state index contributed by atoms with van der Waals surface area (Å²) in [5.74, 6) is 0. The number of H-pyrrole nitrogens is 1. The molecule has 0 unspecified atom stereocenters. The van der Waals surface area contributed by atoms with Crippen molar-refractivity contribution in [2.75, 3.05) is 11.5 Å². The van der Waals surface area contributed by atoms with Crippen molar-refractivity contribution in [1.29, 1.82) is 0 Å². The first-order valence-electron chi connectivity index (χ1n) is 7.01. The average Bonchev–Trinajstić information content (AvgIpc) is 2.68. The van der Waals surface area contributed by atoms with Gasteiger partial charge in [-0.15, -0.1) is 0 Å². The molecule has 1 aromatic heterocycles. The van der Waals surface area contributed by atoms with Crippen molar-refractivity contribution in [2.24, 2.45) is 0 Å². The van der Waals surface area contributed by atoms with E-state index in [0.717, 1.165) is 36.2 Å². The first kappa shape index (κ1) is 11.4. The molecule has 3 aromatic rings. The van der Waals surface area contributed by atoms with Gasteiger partial charge in [-0.2, -0.15) is 0 Å². The number of benzene rings is 2. The number of nitrogens with one attached hydrogen (secondary N) is 1. The maximum Gasteiger partial charge on any atom is 0.0500 e. The van der Waals surface area contributed by atoms with Gasteiger partial charge in [0.15, 0.2) is 0 Å². The van der Waals surface area contributed by atoms with Crippen LogP contribution in [0.2, 0.25) is 0 Å². The molecule has 0 fully saturated rings. The predicted molar refractivity (Wildman–Crippen MR) is 84.6 cm³/mol. The van der Waals surface area contributed by atoms with Crippen molar-refractivity contribution in [2.45, 2.75) is 19.3 Å². The molecular weight excluding hydrogens is 246 g/mol. The van der Waals surface area contributed by atoms with Gasteiger partial charge >= 0.3 is 0 Å². The third kappa shape index (κ3) is 1.59. The minimum atomic E-state index is 0.820. The van der Waals surface area contributed by atoms with Gasteiger partial charge in [0.2, 0.25) is 0 Å². The van der Waals surface area contributed by atoms with Gasteiger partial charge in [-0.1, -0.05) is 6.07 Å². The Bertz CT molecular complexity index is 814. The fourth-order valence-electron chi connectivity index (χ4n) is 3.27. The summed E-state index contributed by atoms with van der Waals surface area (Å²) in [7, 11) is 0.